The highest BCUT2D eigenvalue weighted by Gasteiger charge is 2.22. The summed E-state index contributed by atoms with van der Waals surface area (Å²) < 4.78 is 19.9. The molecule has 0 aromatic heterocycles. The number of esters is 2. The lowest BCUT2D eigenvalue weighted by Gasteiger charge is -2.14. The van der Waals surface area contributed by atoms with Gasteiger partial charge in [0.05, 0.1) is 13.2 Å². The number of carbonyl (C=O) groups excluding carboxylic acids is 2. The molecule has 0 bridgehead atoms. The van der Waals surface area contributed by atoms with Gasteiger partial charge >= 0.3 is 17.9 Å². The second-order valence-electron chi connectivity index (χ2n) is 4.37. The molecule has 0 amide bonds. The zero-order valence-electron chi connectivity index (χ0n) is 13.7. The Morgan fingerprint density at radius 3 is 2.22 bits per heavy atom. The third kappa shape index (κ3) is 10.4. The minimum atomic E-state index is -1.28. The van der Waals surface area contributed by atoms with E-state index in [4.69, 9.17) is 24.1 Å². The summed E-state index contributed by atoms with van der Waals surface area (Å²) in [6, 6.07) is 0. The Morgan fingerprint density at radius 1 is 1.04 bits per heavy atom. The van der Waals surface area contributed by atoms with E-state index in [1.165, 1.54) is 6.92 Å². The third-order valence-corrected chi connectivity index (χ3v) is 2.57. The molecule has 0 aliphatic carbocycles. The van der Waals surface area contributed by atoms with Crippen molar-refractivity contribution in [2.24, 2.45) is 0 Å². The topological polar surface area (TPSA) is 108 Å². The van der Waals surface area contributed by atoms with E-state index in [9.17, 15) is 14.4 Å². The Hall–Kier alpha value is -1.93. The van der Waals surface area contributed by atoms with Gasteiger partial charge in [0.25, 0.3) is 0 Å². The van der Waals surface area contributed by atoms with Crippen LogP contribution in [-0.4, -0.2) is 62.2 Å². The van der Waals surface area contributed by atoms with Gasteiger partial charge in [-0.25, -0.2) is 14.4 Å². The molecule has 1 N–H and O–H groups in total. The first kappa shape index (κ1) is 21.1. The van der Waals surface area contributed by atoms with E-state index in [-0.39, 0.29) is 31.8 Å². The van der Waals surface area contributed by atoms with E-state index >= 15 is 0 Å². The molecule has 0 heterocycles. The Labute approximate surface area is 135 Å². The summed E-state index contributed by atoms with van der Waals surface area (Å²) in [4.78, 5) is 34.3. The number of carbonyl (C=O) groups is 3. The second kappa shape index (κ2) is 12.6. The molecule has 132 valence electrons. The van der Waals surface area contributed by atoms with Gasteiger partial charge in [0.15, 0.2) is 6.10 Å². The molecule has 0 aromatic rings. The van der Waals surface area contributed by atoms with Gasteiger partial charge < -0.3 is 24.1 Å². The van der Waals surface area contributed by atoms with Gasteiger partial charge in [-0.05, 0) is 20.8 Å². The fourth-order valence-corrected chi connectivity index (χ4v) is 1.46. The fraction of sp³-hybridized carbons (Fsp3) is 0.667. The molecule has 0 radical (unpaired) electrons. The summed E-state index contributed by atoms with van der Waals surface area (Å²) in [5.41, 5.74) is -0.0834. The van der Waals surface area contributed by atoms with E-state index < -0.39 is 24.0 Å². The van der Waals surface area contributed by atoms with Crippen LogP contribution in [0.1, 0.15) is 27.2 Å². The van der Waals surface area contributed by atoms with Crippen molar-refractivity contribution in [3.8, 4) is 0 Å². The maximum atomic E-state index is 11.9. The summed E-state index contributed by atoms with van der Waals surface area (Å²) in [6.45, 7) is 6.37. The first-order valence-electron chi connectivity index (χ1n) is 7.38. The number of carboxylic acids is 1. The van der Waals surface area contributed by atoms with Crippen molar-refractivity contribution in [2.45, 2.75) is 33.3 Å². The largest absolute Gasteiger partial charge is 0.478 e. The highest BCUT2D eigenvalue weighted by molar-refractivity contribution is 5.96. The van der Waals surface area contributed by atoms with Gasteiger partial charge in [-0.15, -0.1) is 0 Å². The summed E-state index contributed by atoms with van der Waals surface area (Å²) >= 11 is 0. The smallest absolute Gasteiger partial charge is 0.347 e. The van der Waals surface area contributed by atoms with Gasteiger partial charge in [0.2, 0.25) is 0 Å². The molecule has 1 atom stereocenters. The van der Waals surface area contributed by atoms with E-state index in [0.717, 1.165) is 6.08 Å². The van der Waals surface area contributed by atoms with Crippen LogP contribution in [0.15, 0.2) is 11.6 Å². The number of carboxylic acid groups (broad SMARTS) is 1. The molecular formula is C15H24O8. The molecule has 0 rings (SSSR count). The fourth-order valence-electron chi connectivity index (χ4n) is 1.46. The highest BCUT2D eigenvalue weighted by atomic mass is 16.6. The lowest BCUT2D eigenvalue weighted by atomic mass is 10.2. The lowest BCUT2D eigenvalue weighted by molar-refractivity contribution is -0.165. The van der Waals surface area contributed by atoms with Crippen molar-refractivity contribution < 1.29 is 38.4 Å². The zero-order chi connectivity index (χ0) is 17.7. The average Bonchev–Trinajstić information content (AvgIpc) is 2.50. The molecule has 0 unspecified atom stereocenters. The molecule has 8 heteroatoms. The number of ether oxygens (including phenoxy) is 4. The zero-order valence-corrected chi connectivity index (χ0v) is 13.7. The summed E-state index contributed by atoms with van der Waals surface area (Å²) in [7, 11) is 0. The normalized spacial score (nSPS) is 12.6. The summed E-state index contributed by atoms with van der Waals surface area (Å²) in [6.07, 6.45) is -0.326. The third-order valence-electron chi connectivity index (χ3n) is 2.57. The Kier molecular flexibility index (Phi) is 11.5. The first-order chi connectivity index (χ1) is 10.9. The van der Waals surface area contributed by atoms with Gasteiger partial charge in [0, 0.05) is 31.3 Å². The first-order valence-corrected chi connectivity index (χ1v) is 7.38. The van der Waals surface area contributed by atoms with Crippen LogP contribution in [0.2, 0.25) is 0 Å². The minimum absolute atomic E-state index is 0.0523. The molecule has 0 spiro atoms. The van der Waals surface area contributed by atoms with Crippen LogP contribution in [0.4, 0.5) is 0 Å². The van der Waals surface area contributed by atoms with E-state index in [1.807, 2.05) is 6.92 Å². The maximum absolute atomic E-state index is 11.9. The molecule has 0 fully saturated rings. The van der Waals surface area contributed by atoms with Gasteiger partial charge in [-0.3, -0.25) is 0 Å². The van der Waals surface area contributed by atoms with Crippen LogP contribution >= 0.6 is 0 Å². The number of rotatable bonds is 12. The predicted molar refractivity (Wildman–Crippen MR) is 79.8 cm³/mol. The van der Waals surface area contributed by atoms with Crippen molar-refractivity contribution in [1.82, 2.24) is 0 Å². The SMILES string of the molecule is CCOCCOC(=O)[C@H](C)OC(=O)/C(=C\C(=O)O)CCOCC. The molecule has 0 aliphatic heterocycles. The van der Waals surface area contributed by atoms with Crippen molar-refractivity contribution in [3.05, 3.63) is 11.6 Å². The molecule has 8 nitrogen and oxygen atoms in total. The summed E-state index contributed by atoms with van der Waals surface area (Å²) in [5, 5.41) is 8.77. The molecule has 23 heavy (non-hydrogen) atoms. The van der Waals surface area contributed by atoms with Gasteiger partial charge in [-0.1, -0.05) is 0 Å². The van der Waals surface area contributed by atoms with Crippen LogP contribution in [0.3, 0.4) is 0 Å². The lowest BCUT2D eigenvalue weighted by Crippen LogP contribution is -2.28. The van der Waals surface area contributed by atoms with E-state index in [0.29, 0.717) is 13.2 Å². The van der Waals surface area contributed by atoms with Crippen molar-refractivity contribution in [2.75, 3.05) is 33.0 Å². The Balaban J connectivity index is 4.47. The van der Waals surface area contributed by atoms with Crippen LogP contribution in [0.5, 0.6) is 0 Å². The highest BCUT2D eigenvalue weighted by Crippen LogP contribution is 2.08. The van der Waals surface area contributed by atoms with E-state index in [2.05, 4.69) is 0 Å². The van der Waals surface area contributed by atoms with Crippen molar-refractivity contribution in [3.63, 3.8) is 0 Å². The Bertz CT molecular complexity index is 416. The van der Waals surface area contributed by atoms with Crippen LogP contribution in [0.25, 0.3) is 0 Å². The van der Waals surface area contributed by atoms with Crippen molar-refractivity contribution >= 4 is 17.9 Å². The standard InChI is InChI=1S/C15H24O8/c1-4-20-7-6-12(10-13(16)17)15(19)23-11(3)14(18)22-9-8-21-5-2/h10-11H,4-9H2,1-3H3,(H,16,17)/b12-10-/t11-/m0/s1. The molecule has 0 saturated carbocycles. The number of aliphatic carboxylic acids is 1. The van der Waals surface area contributed by atoms with Crippen LogP contribution in [-0.2, 0) is 33.3 Å². The summed E-state index contributed by atoms with van der Waals surface area (Å²) in [5.74, 6) is -2.89. The molecule has 0 saturated heterocycles. The van der Waals surface area contributed by atoms with E-state index in [1.54, 1.807) is 6.92 Å². The van der Waals surface area contributed by atoms with Crippen molar-refractivity contribution in [1.29, 1.82) is 0 Å². The predicted octanol–water partition coefficient (Wildman–Crippen LogP) is 0.935. The quantitative estimate of drug-likeness (QED) is 0.319. The van der Waals surface area contributed by atoms with Crippen LogP contribution in [0, 0.1) is 0 Å². The molecule has 0 aliphatic rings. The average molecular weight is 332 g/mol. The molecule has 0 aromatic carbocycles. The second-order valence-corrected chi connectivity index (χ2v) is 4.37. The Morgan fingerprint density at radius 2 is 1.65 bits per heavy atom. The number of hydrogen-bond donors (Lipinski definition) is 1. The van der Waals surface area contributed by atoms with Crippen LogP contribution < -0.4 is 0 Å². The minimum Gasteiger partial charge on any atom is -0.478 e. The molecular weight excluding hydrogens is 308 g/mol. The van der Waals surface area contributed by atoms with Gasteiger partial charge in [-0.2, -0.15) is 0 Å². The monoisotopic (exact) mass is 332 g/mol. The van der Waals surface area contributed by atoms with Gasteiger partial charge in [0.1, 0.15) is 6.61 Å². The maximum Gasteiger partial charge on any atom is 0.347 e. The number of hydrogen-bond acceptors (Lipinski definition) is 7.